The van der Waals surface area contributed by atoms with Crippen LogP contribution in [0, 0.1) is 13.8 Å². The number of rotatable bonds is 2. The molecule has 1 N–H and O–H groups in total. The number of benzene rings is 1. The number of nitrogens with one attached hydrogen (secondary N) is 1. The van der Waals surface area contributed by atoms with E-state index in [-0.39, 0.29) is 11.7 Å². The Morgan fingerprint density at radius 1 is 1.10 bits per heavy atom. The third kappa shape index (κ3) is 2.40. The zero-order valence-corrected chi connectivity index (χ0v) is 11.3. The summed E-state index contributed by atoms with van der Waals surface area (Å²) >= 11 is 0. The highest BCUT2D eigenvalue weighted by molar-refractivity contribution is 6.04. The van der Waals surface area contributed by atoms with E-state index < -0.39 is 0 Å². The number of carbonyl (C=O) groups excluding carboxylic acids is 1. The van der Waals surface area contributed by atoms with Gasteiger partial charge in [0.05, 0.1) is 0 Å². The molecule has 2 heterocycles. The highest BCUT2D eigenvalue weighted by Crippen LogP contribution is 2.21. The SMILES string of the molecule is Cc1ccc(NC(=O)c2cc3ccc(C)cc3o2)nc1. The molecular weight excluding hydrogens is 252 g/mol. The number of pyridine rings is 1. The topological polar surface area (TPSA) is 55.1 Å². The number of furan rings is 1. The Morgan fingerprint density at radius 3 is 2.65 bits per heavy atom. The monoisotopic (exact) mass is 266 g/mol. The van der Waals surface area contributed by atoms with Crippen molar-refractivity contribution in [3.05, 3.63) is 59.5 Å². The number of hydrogen-bond acceptors (Lipinski definition) is 3. The van der Waals surface area contributed by atoms with Crippen molar-refractivity contribution in [2.75, 3.05) is 5.32 Å². The maximum Gasteiger partial charge on any atom is 0.292 e. The predicted octanol–water partition coefficient (Wildman–Crippen LogP) is 3.70. The van der Waals surface area contributed by atoms with Gasteiger partial charge in [-0.3, -0.25) is 4.79 Å². The molecule has 2 aromatic heterocycles. The summed E-state index contributed by atoms with van der Waals surface area (Å²) in [6, 6.07) is 11.2. The molecule has 3 rings (SSSR count). The Hall–Kier alpha value is -2.62. The molecule has 0 atom stereocenters. The van der Waals surface area contributed by atoms with E-state index in [2.05, 4.69) is 10.3 Å². The highest BCUT2D eigenvalue weighted by atomic mass is 16.3. The van der Waals surface area contributed by atoms with Gasteiger partial charge in [0, 0.05) is 11.6 Å². The minimum absolute atomic E-state index is 0.285. The van der Waals surface area contributed by atoms with Gasteiger partial charge in [-0.2, -0.15) is 0 Å². The Balaban J connectivity index is 1.86. The number of amides is 1. The van der Waals surface area contributed by atoms with Crippen LogP contribution in [0.25, 0.3) is 11.0 Å². The van der Waals surface area contributed by atoms with Crippen molar-refractivity contribution in [3.8, 4) is 0 Å². The van der Waals surface area contributed by atoms with Crippen molar-refractivity contribution >= 4 is 22.7 Å². The molecule has 0 saturated carbocycles. The Kier molecular flexibility index (Phi) is 2.99. The predicted molar refractivity (Wildman–Crippen MR) is 77.9 cm³/mol. The molecule has 1 aromatic carbocycles. The average Bonchev–Trinajstić information content (AvgIpc) is 2.84. The molecule has 0 unspecified atom stereocenters. The summed E-state index contributed by atoms with van der Waals surface area (Å²) in [4.78, 5) is 16.2. The van der Waals surface area contributed by atoms with Gasteiger partial charge in [-0.15, -0.1) is 0 Å². The van der Waals surface area contributed by atoms with Crippen LogP contribution in [0.15, 0.2) is 47.0 Å². The van der Waals surface area contributed by atoms with E-state index in [9.17, 15) is 4.79 Å². The maximum atomic E-state index is 12.1. The quantitative estimate of drug-likeness (QED) is 0.769. The molecule has 0 radical (unpaired) electrons. The lowest BCUT2D eigenvalue weighted by Crippen LogP contribution is -2.11. The lowest BCUT2D eigenvalue weighted by molar-refractivity contribution is 0.0998. The summed E-state index contributed by atoms with van der Waals surface area (Å²) in [5.74, 6) is 0.500. The third-order valence-corrected chi connectivity index (χ3v) is 3.05. The Morgan fingerprint density at radius 2 is 1.90 bits per heavy atom. The van der Waals surface area contributed by atoms with Crippen LogP contribution in [0.1, 0.15) is 21.7 Å². The lowest BCUT2D eigenvalue weighted by Gasteiger charge is -2.01. The summed E-state index contributed by atoms with van der Waals surface area (Å²) in [5.41, 5.74) is 2.85. The molecule has 1 amide bonds. The van der Waals surface area contributed by atoms with E-state index in [1.54, 1.807) is 18.3 Å². The van der Waals surface area contributed by atoms with Gasteiger partial charge >= 0.3 is 0 Å². The minimum atomic E-state index is -0.296. The molecule has 0 aliphatic heterocycles. The molecule has 100 valence electrons. The lowest BCUT2D eigenvalue weighted by atomic mass is 10.2. The number of hydrogen-bond donors (Lipinski definition) is 1. The van der Waals surface area contributed by atoms with Gasteiger partial charge in [0.15, 0.2) is 5.76 Å². The molecule has 0 aliphatic carbocycles. The molecule has 4 nitrogen and oxygen atoms in total. The summed E-state index contributed by atoms with van der Waals surface area (Å²) in [7, 11) is 0. The van der Waals surface area contributed by atoms with Crippen molar-refractivity contribution in [1.82, 2.24) is 4.98 Å². The van der Waals surface area contributed by atoms with Crippen LogP contribution >= 0.6 is 0 Å². The van der Waals surface area contributed by atoms with E-state index in [4.69, 9.17) is 4.42 Å². The number of fused-ring (bicyclic) bond motifs is 1. The van der Waals surface area contributed by atoms with Crippen LogP contribution in [-0.2, 0) is 0 Å². The number of anilines is 1. The molecule has 0 bridgehead atoms. The molecule has 0 aliphatic rings. The van der Waals surface area contributed by atoms with Gasteiger partial charge in [0.1, 0.15) is 11.4 Å². The van der Waals surface area contributed by atoms with Gasteiger partial charge in [0.25, 0.3) is 5.91 Å². The van der Waals surface area contributed by atoms with Crippen LogP contribution in [0.4, 0.5) is 5.82 Å². The fourth-order valence-corrected chi connectivity index (χ4v) is 1.97. The van der Waals surface area contributed by atoms with Crippen LogP contribution < -0.4 is 5.32 Å². The first kappa shape index (κ1) is 12.4. The standard InChI is InChI=1S/C16H14N2O2/c1-10-3-5-12-8-14(20-13(12)7-10)16(19)18-15-6-4-11(2)9-17-15/h3-9H,1-2H3,(H,17,18,19). The largest absolute Gasteiger partial charge is 0.451 e. The molecule has 0 fully saturated rings. The van der Waals surface area contributed by atoms with E-state index in [1.807, 2.05) is 38.1 Å². The van der Waals surface area contributed by atoms with Crippen LogP contribution in [0.2, 0.25) is 0 Å². The second-order valence-electron chi connectivity index (χ2n) is 4.83. The van der Waals surface area contributed by atoms with E-state index in [1.165, 1.54) is 0 Å². The first-order valence-corrected chi connectivity index (χ1v) is 6.36. The fraction of sp³-hybridized carbons (Fsp3) is 0.125. The van der Waals surface area contributed by atoms with Crippen molar-refractivity contribution in [1.29, 1.82) is 0 Å². The summed E-state index contributed by atoms with van der Waals surface area (Å²) in [5, 5.41) is 3.63. The molecule has 20 heavy (non-hydrogen) atoms. The minimum Gasteiger partial charge on any atom is -0.451 e. The van der Waals surface area contributed by atoms with Crippen molar-refractivity contribution in [3.63, 3.8) is 0 Å². The summed E-state index contributed by atoms with van der Waals surface area (Å²) < 4.78 is 5.57. The molecule has 3 aromatic rings. The van der Waals surface area contributed by atoms with E-state index >= 15 is 0 Å². The zero-order valence-electron chi connectivity index (χ0n) is 11.3. The van der Waals surface area contributed by atoms with Gasteiger partial charge in [0.2, 0.25) is 0 Å². The molecule has 0 spiro atoms. The smallest absolute Gasteiger partial charge is 0.292 e. The normalized spacial score (nSPS) is 10.7. The highest BCUT2D eigenvalue weighted by Gasteiger charge is 2.12. The summed E-state index contributed by atoms with van der Waals surface area (Å²) in [6.45, 7) is 3.93. The van der Waals surface area contributed by atoms with E-state index in [0.29, 0.717) is 11.4 Å². The fourth-order valence-electron chi connectivity index (χ4n) is 1.97. The number of aromatic nitrogens is 1. The van der Waals surface area contributed by atoms with Crippen molar-refractivity contribution < 1.29 is 9.21 Å². The second kappa shape index (κ2) is 4.81. The van der Waals surface area contributed by atoms with Gasteiger partial charge in [-0.05, 0) is 43.2 Å². The van der Waals surface area contributed by atoms with Gasteiger partial charge in [-0.25, -0.2) is 4.98 Å². The number of aryl methyl sites for hydroxylation is 2. The Labute approximate surface area is 116 Å². The summed E-state index contributed by atoms with van der Waals surface area (Å²) in [6.07, 6.45) is 1.71. The zero-order chi connectivity index (χ0) is 14.1. The van der Waals surface area contributed by atoms with Crippen LogP contribution in [0.3, 0.4) is 0 Å². The third-order valence-electron chi connectivity index (χ3n) is 3.05. The Bertz CT molecular complexity index is 773. The number of carbonyl (C=O) groups is 1. The van der Waals surface area contributed by atoms with Crippen molar-refractivity contribution in [2.24, 2.45) is 0 Å². The first-order chi connectivity index (χ1) is 9.61. The molecular formula is C16H14N2O2. The first-order valence-electron chi connectivity index (χ1n) is 6.36. The van der Waals surface area contributed by atoms with Crippen molar-refractivity contribution in [2.45, 2.75) is 13.8 Å². The van der Waals surface area contributed by atoms with Gasteiger partial charge < -0.3 is 9.73 Å². The second-order valence-corrected chi connectivity index (χ2v) is 4.83. The van der Waals surface area contributed by atoms with Crippen LogP contribution in [-0.4, -0.2) is 10.9 Å². The van der Waals surface area contributed by atoms with Gasteiger partial charge in [-0.1, -0.05) is 18.2 Å². The maximum absolute atomic E-state index is 12.1. The van der Waals surface area contributed by atoms with Crippen LogP contribution in [0.5, 0.6) is 0 Å². The molecule has 4 heteroatoms. The number of nitrogens with zero attached hydrogens (tertiary/aromatic N) is 1. The average molecular weight is 266 g/mol. The van der Waals surface area contributed by atoms with E-state index in [0.717, 1.165) is 16.5 Å². The molecule has 0 saturated heterocycles.